The van der Waals surface area contributed by atoms with Gasteiger partial charge in [0.2, 0.25) is 0 Å². The molecule has 0 fully saturated rings. The molecule has 1 aromatic carbocycles. The summed E-state index contributed by atoms with van der Waals surface area (Å²) in [6.45, 7) is -0.0863. The first-order chi connectivity index (χ1) is 9.86. The Balaban J connectivity index is 2.05. The number of cyclic esters (lactones) is 1. The van der Waals surface area contributed by atoms with Crippen molar-refractivity contribution in [2.75, 3.05) is 6.61 Å². The van der Waals surface area contributed by atoms with Gasteiger partial charge in [0, 0.05) is 0 Å². The van der Waals surface area contributed by atoms with Crippen LogP contribution in [0.25, 0.3) is 0 Å². The Morgan fingerprint density at radius 2 is 2.00 bits per heavy atom. The summed E-state index contributed by atoms with van der Waals surface area (Å²) in [4.78, 5) is 23.2. The van der Waals surface area contributed by atoms with Crippen LogP contribution in [0.5, 0.6) is 0 Å². The van der Waals surface area contributed by atoms with E-state index in [4.69, 9.17) is 4.74 Å². The van der Waals surface area contributed by atoms with E-state index in [1.54, 1.807) is 0 Å². The van der Waals surface area contributed by atoms with Crippen LogP contribution in [-0.2, 0) is 15.7 Å². The number of urea groups is 1. The number of nitrogens with one attached hydrogen (secondary N) is 2. The maximum Gasteiger partial charge on any atom is 0.416 e. The summed E-state index contributed by atoms with van der Waals surface area (Å²) < 4.78 is 43.1. The fourth-order valence-corrected chi connectivity index (χ4v) is 2.33. The number of carbonyl (C=O) groups is 2. The summed E-state index contributed by atoms with van der Waals surface area (Å²) in [5.41, 5.74) is -0.257. The molecular weight excluding hydrogens is 289 g/mol. The number of carbonyl (C=O) groups excluding carboxylic acids is 2. The molecular formula is C13H9F3N2O3. The minimum Gasteiger partial charge on any atom is -0.456 e. The molecule has 1 aromatic rings. The molecule has 8 heteroatoms. The monoisotopic (exact) mass is 298 g/mol. The van der Waals surface area contributed by atoms with Crippen LogP contribution in [0.2, 0.25) is 0 Å². The zero-order valence-electron chi connectivity index (χ0n) is 10.5. The van der Waals surface area contributed by atoms with Gasteiger partial charge in [-0.15, -0.1) is 0 Å². The number of esters is 1. The van der Waals surface area contributed by atoms with E-state index in [-0.39, 0.29) is 23.4 Å². The minimum atomic E-state index is -4.50. The SMILES string of the molecule is O=C1NC2=C(C(=O)OC2)C(c2cccc(C(F)(F)F)c2)N1. The number of alkyl halides is 3. The molecule has 0 bridgehead atoms. The average Bonchev–Trinajstić information content (AvgIpc) is 2.78. The van der Waals surface area contributed by atoms with Crippen LogP contribution >= 0.6 is 0 Å². The van der Waals surface area contributed by atoms with Crippen molar-refractivity contribution in [3.63, 3.8) is 0 Å². The van der Waals surface area contributed by atoms with Crippen LogP contribution in [-0.4, -0.2) is 18.6 Å². The van der Waals surface area contributed by atoms with E-state index < -0.39 is 29.8 Å². The van der Waals surface area contributed by atoms with Gasteiger partial charge in [-0.1, -0.05) is 12.1 Å². The molecule has 2 aliphatic rings. The molecule has 3 rings (SSSR count). The van der Waals surface area contributed by atoms with Gasteiger partial charge < -0.3 is 15.4 Å². The topological polar surface area (TPSA) is 67.4 Å². The Labute approximate surface area is 116 Å². The molecule has 110 valence electrons. The largest absolute Gasteiger partial charge is 0.456 e. The molecule has 1 atom stereocenters. The van der Waals surface area contributed by atoms with Crippen molar-refractivity contribution >= 4 is 12.0 Å². The molecule has 2 heterocycles. The average molecular weight is 298 g/mol. The molecule has 0 radical (unpaired) electrons. The Bertz CT molecular complexity index is 667. The molecule has 0 aromatic heterocycles. The van der Waals surface area contributed by atoms with Crippen LogP contribution in [0.1, 0.15) is 17.2 Å². The zero-order chi connectivity index (χ0) is 15.2. The van der Waals surface area contributed by atoms with Gasteiger partial charge in [0.1, 0.15) is 6.61 Å². The highest BCUT2D eigenvalue weighted by Crippen LogP contribution is 2.35. The molecule has 1 unspecified atom stereocenters. The summed E-state index contributed by atoms with van der Waals surface area (Å²) in [7, 11) is 0. The number of halogens is 3. The van der Waals surface area contributed by atoms with Crippen molar-refractivity contribution in [1.29, 1.82) is 0 Å². The Morgan fingerprint density at radius 3 is 2.71 bits per heavy atom. The van der Waals surface area contributed by atoms with Gasteiger partial charge in [0.15, 0.2) is 0 Å². The number of hydrogen-bond acceptors (Lipinski definition) is 3. The lowest BCUT2D eigenvalue weighted by Gasteiger charge is -2.25. The van der Waals surface area contributed by atoms with Gasteiger partial charge in [-0.3, -0.25) is 0 Å². The summed E-state index contributed by atoms with van der Waals surface area (Å²) >= 11 is 0. The lowest BCUT2D eigenvalue weighted by Crippen LogP contribution is -2.44. The molecule has 0 aliphatic carbocycles. The number of rotatable bonds is 1. The molecule has 2 N–H and O–H groups in total. The van der Waals surface area contributed by atoms with E-state index in [0.29, 0.717) is 0 Å². The maximum atomic E-state index is 12.8. The summed E-state index contributed by atoms with van der Waals surface area (Å²) in [5, 5.41) is 4.85. The normalized spacial score (nSPS) is 21.6. The molecule has 0 spiro atoms. The Hall–Kier alpha value is -2.51. The quantitative estimate of drug-likeness (QED) is 0.778. The molecule has 2 amide bonds. The number of benzene rings is 1. The van der Waals surface area contributed by atoms with E-state index in [1.807, 2.05) is 0 Å². The van der Waals surface area contributed by atoms with E-state index in [9.17, 15) is 22.8 Å². The summed E-state index contributed by atoms with van der Waals surface area (Å²) in [6.07, 6.45) is -4.50. The van der Waals surface area contributed by atoms with Gasteiger partial charge in [0.25, 0.3) is 0 Å². The third-order valence-electron chi connectivity index (χ3n) is 3.27. The lowest BCUT2D eigenvalue weighted by molar-refractivity contribution is -0.137. The van der Waals surface area contributed by atoms with Crippen LogP contribution < -0.4 is 10.6 Å². The fraction of sp³-hybridized carbons (Fsp3) is 0.231. The summed E-state index contributed by atoms with van der Waals surface area (Å²) in [5.74, 6) is -0.653. The van der Waals surface area contributed by atoms with Crippen molar-refractivity contribution in [1.82, 2.24) is 10.6 Å². The highest BCUT2D eigenvalue weighted by atomic mass is 19.4. The third-order valence-corrected chi connectivity index (χ3v) is 3.27. The van der Waals surface area contributed by atoms with Crippen molar-refractivity contribution < 1.29 is 27.5 Å². The Kier molecular flexibility index (Phi) is 2.89. The lowest BCUT2D eigenvalue weighted by atomic mass is 9.95. The predicted molar refractivity (Wildman–Crippen MR) is 63.8 cm³/mol. The molecule has 0 saturated heterocycles. The van der Waals surface area contributed by atoms with Crippen molar-refractivity contribution in [3.8, 4) is 0 Å². The minimum absolute atomic E-state index is 0.0863. The first kappa shape index (κ1) is 13.5. The first-order valence-corrected chi connectivity index (χ1v) is 6.01. The van der Waals surface area contributed by atoms with E-state index in [0.717, 1.165) is 12.1 Å². The van der Waals surface area contributed by atoms with Crippen molar-refractivity contribution in [2.24, 2.45) is 0 Å². The second-order valence-corrected chi connectivity index (χ2v) is 4.62. The highest BCUT2D eigenvalue weighted by Gasteiger charge is 2.39. The first-order valence-electron chi connectivity index (χ1n) is 6.01. The van der Waals surface area contributed by atoms with Crippen LogP contribution in [0, 0.1) is 0 Å². The second kappa shape index (κ2) is 4.51. The third kappa shape index (κ3) is 2.32. The van der Waals surface area contributed by atoms with Gasteiger partial charge in [-0.25, -0.2) is 9.59 Å². The van der Waals surface area contributed by atoms with E-state index in [2.05, 4.69) is 10.6 Å². The zero-order valence-corrected chi connectivity index (χ0v) is 10.5. The van der Waals surface area contributed by atoms with Crippen LogP contribution in [0.4, 0.5) is 18.0 Å². The standard InChI is InChI=1S/C13H9F3N2O3/c14-13(15,16)7-3-1-2-6(4-7)10-9-8(5-21-11(9)19)17-12(20)18-10/h1-4,10H,5H2,(H2,17,18,20). The molecule has 0 saturated carbocycles. The van der Waals surface area contributed by atoms with E-state index >= 15 is 0 Å². The molecule has 21 heavy (non-hydrogen) atoms. The number of amides is 2. The van der Waals surface area contributed by atoms with Crippen LogP contribution in [0.15, 0.2) is 35.5 Å². The van der Waals surface area contributed by atoms with E-state index in [1.165, 1.54) is 12.1 Å². The van der Waals surface area contributed by atoms with Crippen LogP contribution in [0.3, 0.4) is 0 Å². The number of ether oxygens (including phenoxy) is 1. The second-order valence-electron chi connectivity index (χ2n) is 4.62. The van der Waals surface area contributed by atoms with Crippen molar-refractivity contribution in [2.45, 2.75) is 12.2 Å². The Morgan fingerprint density at radius 1 is 1.24 bits per heavy atom. The summed E-state index contributed by atoms with van der Waals surface area (Å²) in [6, 6.07) is 2.94. The van der Waals surface area contributed by atoms with Gasteiger partial charge in [-0.05, 0) is 17.7 Å². The van der Waals surface area contributed by atoms with Gasteiger partial charge in [-0.2, -0.15) is 13.2 Å². The predicted octanol–water partition coefficient (Wildman–Crippen LogP) is 1.87. The van der Waals surface area contributed by atoms with Crippen molar-refractivity contribution in [3.05, 3.63) is 46.7 Å². The highest BCUT2D eigenvalue weighted by molar-refractivity contribution is 5.97. The maximum absolute atomic E-state index is 12.8. The molecule has 2 aliphatic heterocycles. The smallest absolute Gasteiger partial charge is 0.416 e. The fourth-order valence-electron chi connectivity index (χ4n) is 2.33. The molecule has 5 nitrogen and oxygen atoms in total. The number of hydrogen-bond donors (Lipinski definition) is 2. The van der Waals surface area contributed by atoms with Gasteiger partial charge in [0.05, 0.1) is 22.9 Å². The van der Waals surface area contributed by atoms with Gasteiger partial charge >= 0.3 is 18.2 Å².